The van der Waals surface area contributed by atoms with E-state index in [-0.39, 0.29) is 50.0 Å². The standard InChI is InChI=1S/C16H20F3NO6S.C14H18F3NO4S.C2H3ClO2/c1-24-15(21)11-27(22,23)20-8-6-13(7-9-20)25-10-12-2-4-14(5-3-12)26-16(17,18)19;1-23(19,20)18-8-6-12(7-9-18)21-10-11-2-4-13(5-3-11)22-14(15,16)17;1-5-2(3)4/h2-5,13H,6-11H2,1H3;2-5,12H,6-10H2,1H3;1H3. The topological polar surface area (TPSA) is 164 Å². The second-order valence-corrected chi connectivity index (χ2v) is 16.0. The molecule has 0 N–H and O–H groups in total. The summed E-state index contributed by atoms with van der Waals surface area (Å²) < 4.78 is 149. The molecule has 2 heterocycles. The predicted octanol–water partition coefficient (Wildman–Crippen LogP) is 5.59. The smallest absolute Gasteiger partial charge is 0.468 e. The zero-order chi connectivity index (χ0) is 41.5. The van der Waals surface area contributed by atoms with Crippen LogP contribution in [0.2, 0.25) is 0 Å². The average Bonchev–Trinajstić information content (AvgIpc) is 3.10. The third-order valence-corrected chi connectivity index (χ3v) is 10.8. The first-order valence-corrected chi connectivity index (χ1v) is 20.0. The summed E-state index contributed by atoms with van der Waals surface area (Å²) in [5.74, 6) is -2.09. The molecule has 0 saturated carbocycles. The summed E-state index contributed by atoms with van der Waals surface area (Å²) in [7, 11) is -4.53. The van der Waals surface area contributed by atoms with Crippen LogP contribution in [0.1, 0.15) is 36.8 Å². The normalized spacial score (nSPS) is 16.5. The van der Waals surface area contributed by atoms with Gasteiger partial charge in [-0.25, -0.2) is 30.2 Å². The van der Waals surface area contributed by atoms with Crippen LogP contribution in [0.25, 0.3) is 0 Å². The van der Waals surface area contributed by atoms with Crippen LogP contribution in [-0.4, -0.2) is 114 Å². The summed E-state index contributed by atoms with van der Waals surface area (Å²) in [6, 6.07) is 10.8. The van der Waals surface area contributed by atoms with Crippen LogP contribution >= 0.6 is 11.6 Å². The van der Waals surface area contributed by atoms with Crippen molar-refractivity contribution in [1.29, 1.82) is 0 Å². The van der Waals surface area contributed by atoms with Crippen molar-refractivity contribution >= 4 is 43.0 Å². The Morgan fingerprint density at radius 2 is 1.02 bits per heavy atom. The molecule has 23 heteroatoms. The molecule has 2 aliphatic rings. The first kappa shape index (κ1) is 47.7. The molecule has 0 amide bonds. The number of halogens is 7. The Bertz CT molecular complexity index is 1700. The van der Waals surface area contributed by atoms with E-state index < -0.39 is 49.9 Å². The van der Waals surface area contributed by atoms with E-state index in [0.29, 0.717) is 44.3 Å². The maximum atomic E-state index is 12.1. The lowest BCUT2D eigenvalue weighted by Gasteiger charge is -2.30. The highest BCUT2D eigenvalue weighted by Crippen LogP contribution is 2.25. The summed E-state index contributed by atoms with van der Waals surface area (Å²) in [6.07, 6.45) is -6.39. The molecular weight excluding hydrogens is 818 g/mol. The first-order valence-electron chi connectivity index (χ1n) is 16.2. The van der Waals surface area contributed by atoms with Gasteiger partial charge >= 0.3 is 24.1 Å². The second-order valence-electron chi connectivity index (χ2n) is 11.7. The van der Waals surface area contributed by atoms with Gasteiger partial charge in [-0.05, 0) is 61.1 Å². The number of esters is 1. The summed E-state index contributed by atoms with van der Waals surface area (Å²) in [6.45, 7) is 1.73. The maximum Gasteiger partial charge on any atom is 0.573 e. The molecule has 2 aromatic carbocycles. The molecule has 0 spiro atoms. The molecule has 2 fully saturated rings. The summed E-state index contributed by atoms with van der Waals surface area (Å²) in [5, 5.41) is 0. The van der Waals surface area contributed by atoms with E-state index in [1.54, 1.807) is 0 Å². The van der Waals surface area contributed by atoms with Crippen molar-refractivity contribution in [3.63, 3.8) is 0 Å². The van der Waals surface area contributed by atoms with Gasteiger partial charge in [-0.2, -0.15) is 0 Å². The fourth-order valence-electron chi connectivity index (χ4n) is 4.91. The van der Waals surface area contributed by atoms with E-state index in [1.807, 2.05) is 0 Å². The number of benzene rings is 2. The molecule has 2 saturated heterocycles. The zero-order valence-electron chi connectivity index (χ0n) is 29.8. The van der Waals surface area contributed by atoms with Gasteiger partial charge in [-0.3, -0.25) is 4.79 Å². The Hall–Kier alpha value is -3.41. The number of rotatable bonds is 12. The molecule has 14 nitrogen and oxygen atoms in total. The van der Waals surface area contributed by atoms with Gasteiger partial charge in [-0.1, -0.05) is 24.3 Å². The number of carbonyl (C=O) groups is 2. The number of nitrogens with zero attached hydrogens (tertiary/aromatic N) is 2. The number of hydrogen-bond donors (Lipinski definition) is 0. The largest absolute Gasteiger partial charge is 0.573 e. The SMILES string of the molecule is COC(=O)CS(=O)(=O)N1CCC(OCc2ccc(OC(F)(F)F)cc2)CC1.COC(=O)Cl.CS(=O)(=O)N1CCC(OCc2ccc(OC(F)(F)F)cc2)CC1. The summed E-state index contributed by atoms with van der Waals surface area (Å²) in [4.78, 5) is 20.5. The van der Waals surface area contributed by atoms with Gasteiger partial charge in [0.2, 0.25) is 20.0 Å². The molecule has 0 bridgehead atoms. The van der Waals surface area contributed by atoms with Crippen molar-refractivity contribution < 1.29 is 81.2 Å². The highest BCUT2D eigenvalue weighted by molar-refractivity contribution is 7.89. The quantitative estimate of drug-likeness (QED) is 0.148. The Balaban J connectivity index is 0.000000342. The number of hydrogen-bond acceptors (Lipinski definition) is 12. The van der Waals surface area contributed by atoms with Gasteiger partial charge in [0.1, 0.15) is 11.5 Å². The van der Waals surface area contributed by atoms with Crippen molar-refractivity contribution in [1.82, 2.24) is 8.61 Å². The predicted molar refractivity (Wildman–Crippen MR) is 184 cm³/mol. The van der Waals surface area contributed by atoms with E-state index in [1.165, 1.54) is 70.5 Å². The number of piperidine rings is 2. The number of ether oxygens (including phenoxy) is 6. The van der Waals surface area contributed by atoms with Gasteiger partial charge in [-0.15, -0.1) is 26.3 Å². The lowest BCUT2D eigenvalue weighted by Crippen LogP contribution is -2.43. The van der Waals surface area contributed by atoms with Crippen molar-refractivity contribution in [2.45, 2.75) is 63.8 Å². The van der Waals surface area contributed by atoms with Crippen molar-refractivity contribution in [3.05, 3.63) is 59.7 Å². The van der Waals surface area contributed by atoms with Gasteiger partial charge in [0, 0.05) is 37.8 Å². The van der Waals surface area contributed by atoms with E-state index in [9.17, 15) is 52.8 Å². The minimum Gasteiger partial charge on any atom is -0.468 e. The van der Waals surface area contributed by atoms with Crippen molar-refractivity contribution in [3.8, 4) is 11.5 Å². The van der Waals surface area contributed by atoms with Crippen molar-refractivity contribution in [2.75, 3.05) is 52.4 Å². The Morgan fingerprint density at radius 3 is 1.31 bits per heavy atom. The highest BCUT2D eigenvalue weighted by atomic mass is 35.5. The van der Waals surface area contributed by atoms with Gasteiger partial charge in [0.15, 0.2) is 5.75 Å². The van der Waals surface area contributed by atoms with E-state index in [0.717, 1.165) is 12.7 Å². The van der Waals surface area contributed by atoms with E-state index >= 15 is 0 Å². The lowest BCUT2D eigenvalue weighted by atomic mass is 10.1. The summed E-state index contributed by atoms with van der Waals surface area (Å²) >= 11 is 4.60. The average molecular weight is 859 g/mol. The highest BCUT2D eigenvalue weighted by Gasteiger charge is 2.33. The Morgan fingerprint density at radius 1 is 0.673 bits per heavy atom. The van der Waals surface area contributed by atoms with Crippen LogP contribution in [0, 0.1) is 0 Å². The number of alkyl halides is 6. The molecule has 55 heavy (non-hydrogen) atoms. The Labute approximate surface area is 319 Å². The molecule has 0 aliphatic carbocycles. The van der Waals surface area contributed by atoms with E-state index in [2.05, 4.69) is 30.5 Å². The minimum absolute atomic E-state index is 0.0564. The molecule has 0 atom stereocenters. The van der Waals surface area contributed by atoms with Crippen LogP contribution in [0.15, 0.2) is 48.5 Å². The van der Waals surface area contributed by atoms with Crippen LogP contribution in [-0.2, 0) is 57.0 Å². The monoisotopic (exact) mass is 858 g/mol. The van der Waals surface area contributed by atoms with Gasteiger partial charge in [0.05, 0.1) is 45.9 Å². The molecule has 0 radical (unpaired) electrons. The number of carbonyl (C=O) groups excluding carboxylic acids is 2. The third kappa shape index (κ3) is 19.8. The molecular formula is C32H41ClF6N2O12S2. The maximum absolute atomic E-state index is 12.1. The van der Waals surface area contributed by atoms with Crippen molar-refractivity contribution in [2.24, 2.45) is 0 Å². The fraction of sp³-hybridized carbons (Fsp3) is 0.562. The zero-order valence-corrected chi connectivity index (χ0v) is 32.2. The van der Waals surface area contributed by atoms with Crippen LogP contribution in [0.5, 0.6) is 11.5 Å². The molecule has 2 aliphatic heterocycles. The lowest BCUT2D eigenvalue weighted by molar-refractivity contribution is -0.275. The molecule has 4 rings (SSSR count). The molecule has 2 aromatic rings. The first-order chi connectivity index (χ1) is 25.5. The molecule has 312 valence electrons. The van der Waals surface area contributed by atoms with Crippen LogP contribution < -0.4 is 9.47 Å². The number of sulfonamides is 2. The second kappa shape index (κ2) is 21.8. The number of methoxy groups -OCH3 is 2. The van der Waals surface area contributed by atoms with Crippen LogP contribution in [0.3, 0.4) is 0 Å². The molecule has 0 aromatic heterocycles. The fourth-order valence-corrected chi connectivity index (χ4v) is 7.15. The van der Waals surface area contributed by atoms with Crippen LogP contribution in [0.4, 0.5) is 31.1 Å². The summed E-state index contributed by atoms with van der Waals surface area (Å²) in [5.41, 5.74) is 0.625. The third-order valence-electron chi connectivity index (χ3n) is 7.64. The molecule has 0 unspecified atom stereocenters. The van der Waals surface area contributed by atoms with Gasteiger partial charge < -0.3 is 28.4 Å². The minimum atomic E-state index is -4.74. The Kier molecular flexibility index (Phi) is 18.9. The van der Waals surface area contributed by atoms with Gasteiger partial charge in [0.25, 0.3) is 0 Å². The van der Waals surface area contributed by atoms with E-state index in [4.69, 9.17) is 9.47 Å².